The van der Waals surface area contributed by atoms with Crippen LogP contribution in [-0.2, 0) is 28.6 Å². The van der Waals surface area contributed by atoms with Crippen LogP contribution < -0.4 is 0 Å². The van der Waals surface area contributed by atoms with Crippen LogP contribution in [0.5, 0.6) is 0 Å². The van der Waals surface area contributed by atoms with Crippen molar-refractivity contribution >= 4 is 17.9 Å². The maximum Gasteiger partial charge on any atom is 0.323 e. The molecule has 0 aromatic rings. The van der Waals surface area contributed by atoms with Crippen molar-refractivity contribution in [2.75, 3.05) is 14.2 Å². The smallest absolute Gasteiger partial charge is 0.323 e. The number of methoxy groups -OCH3 is 2. The molecule has 3 aliphatic rings. The second-order valence-electron chi connectivity index (χ2n) is 5.93. The van der Waals surface area contributed by atoms with Crippen LogP contribution in [0.3, 0.4) is 0 Å². The van der Waals surface area contributed by atoms with E-state index in [9.17, 15) is 14.4 Å². The van der Waals surface area contributed by atoms with E-state index in [2.05, 4.69) is 0 Å². The molecule has 0 amide bonds. The predicted molar refractivity (Wildman–Crippen MR) is 65.3 cm³/mol. The van der Waals surface area contributed by atoms with Crippen LogP contribution in [0.4, 0.5) is 0 Å². The molecule has 0 N–H and O–H groups in total. The maximum absolute atomic E-state index is 12.3. The Kier molecular flexibility index (Phi) is 2.99. The minimum absolute atomic E-state index is 0.117. The standard InChI is InChI=1S/C14H18O6/c1-18-12(16)14(13(17)19-2)4-3-7-5-8-6-9(15)20-11(8)10(7)14/h7-8,10-11H,3-6H2,1-2H3/t7-,8-,10-,11+/m0/s1. The molecule has 2 aliphatic carbocycles. The van der Waals surface area contributed by atoms with Gasteiger partial charge in [-0.1, -0.05) is 0 Å². The van der Waals surface area contributed by atoms with Crippen LogP contribution in [0.25, 0.3) is 0 Å². The lowest BCUT2D eigenvalue weighted by Crippen LogP contribution is -2.48. The van der Waals surface area contributed by atoms with Crippen LogP contribution in [0.15, 0.2) is 0 Å². The molecular formula is C14H18O6. The molecule has 110 valence electrons. The Bertz CT molecular complexity index is 454. The van der Waals surface area contributed by atoms with Gasteiger partial charge in [-0.05, 0) is 25.2 Å². The average molecular weight is 282 g/mol. The molecule has 1 heterocycles. The molecule has 6 heteroatoms. The van der Waals surface area contributed by atoms with Gasteiger partial charge in [0.2, 0.25) is 0 Å². The third kappa shape index (κ3) is 1.53. The molecule has 0 aromatic heterocycles. The first-order valence-corrected chi connectivity index (χ1v) is 6.91. The molecule has 20 heavy (non-hydrogen) atoms. The van der Waals surface area contributed by atoms with Gasteiger partial charge in [-0.15, -0.1) is 0 Å². The molecule has 3 rings (SSSR count). The summed E-state index contributed by atoms with van der Waals surface area (Å²) in [6.45, 7) is 0. The fourth-order valence-corrected chi connectivity index (χ4v) is 4.50. The Morgan fingerprint density at radius 3 is 2.45 bits per heavy atom. The predicted octanol–water partition coefficient (Wildman–Crippen LogP) is 0.680. The topological polar surface area (TPSA) is 78.9 Å². The Balaban J connectivity index is 2.00. The van der Waals surface area contributed by atoms with E-state index in [0.717, 1.165) is 12.8 Å². The van der Waals surface area contributed by atoms with Crippen LogP contribution in [0.2, 0.25) is 0 Å². The lowest BCUT2D eigenvalue weighted by Gasteiger charge is -2.32. The summed E-state index contributed by atoms with van der Waals surface area (Å²) in [4.78, 5) is 36.1. The van der Waals surface area contributed by atoms with Crippen LogP contribution in [0, 0.1) is 23.2 Å². The summed E-state index contributed by atoms with van der Waals surface area (Å²) in [6, 6.07) is 0. The van der Waals surface area contributed by atoms with Gasteiger partial charge in [-0.3, -0.25) is 14.4 Å². The summed E-state index contributed by atoms with van der Waals surface area (Å²) in [5.41, 5.74) is -1.31. The minimum atomic E-state index is -1.31. The SMILES string of the molecule is COC(=O)C1(C(=O)OC)CC[C@H]2C[C@H]3CC(=O)O[C@H]3[C@H]21. The number of esters is 3. The molecule has 0 unspecified atom stereocenters. The van der Waals surface area contributed by atoms with E-state index in [-0.39, 0.29) is 29.8 Å². The van der Waals surface area contributed by atoms with Crippen molar-refractivity contribution in [2.45, 2.75) is 31.8 Å². The second-order valence-corrected chi connectivity index (χ2v) is 5.93. The lowest BCUT2D eigenvalue weighted by molar-refractivity contribution is -0.177. The first-order chi connectivity index (χ1) is 9.54. The first-order valence-electron chi connectivity index (χ1n) is 6.91. The van der Waals surface area contributed by atoms with Gasteiger partial charge in [0.25, 0.3) is 0 Å². The van der Waals surface area contributed by atoms with Crippen LogP contribution >= 0.6 is 0 Å². The fourth-order valence-electron chi connectivity index (χ4n) is 4.50. The zero-order valence-corrected chi connectivity index (χ0v) is 11.6. The molecule has 0 radical (unpaired) electrons. The van der Waals surface area contributed by atoms with Crippen molar-refractivity contribution in [3.63, 3.8) is 0 Å². The molecule has 3 fully saturated rings. The number of rotatable bonds is 2. The third-order valence-electron chi connectivity index (χ3n) is 5.21. The maximum atomic E-state index is 12.3. The van der Waals surface area contributed by atoms with Crippen molar-refractivity contribution in [1.29, 1.82) is 0 Å². The number of carbonyl (C=O) groups is 3. The Hall–Kier alpha value is -1.59. The van der Waals surface area contributed by atoms with Gasteiger partial charge in [-0.25, -0.2) is 0 Å². The van der Waals surface area contributed by atoms with Crippen molar-refractivity contribution in [3.05, 3.63) is 0 Å². The summed E-state index contributed by atoms with van der Waals surface area (Å²) in [5, 5.41) is 0. The zero-order valence-electron chi connectivity index (χ0n) is 11.6. The Labute approximate surface area is 116 Å². The monoisotopic (exact) mass is 282 g/mol. The van der Waals surface area contributed by atoms with Crippen LogP contribution in [0.1, 0.15) is 25.7 Å². The summed E-state index contributed by atoms with van der Waals surface area (Å²) in [5.74, 6) is -1.35. The summed E-state index contributed by atoms with van der Waals surface area (Å²) in [7, 11) is 2.54. The molecule has 1 aliphatic heterocycles. The summed E-state index contributed by atoms with van der Waals surface area (Å²) < 4.78 is 15.1. The van der Waals surface area contributed by atoms with E-state index >= 15 is 0 Å². The molecule has 2 saturated carbocycles. The zero-order chi connectivity index (χ0) is 14.5. The molecule has 0 aromatic carbocycles. The van der Waals surface area contributed by atoms with Crippen molar-refractivity contribution in [1.82, 2.24) is 0 Å². The molecule has 4 atom stereocenters. The quantitative estimate of drug-likeness (QED) is 0.421. The van der Waals surface area contributed by atoms with Gasteiger partial charge < -0.3 is 14.2 Å². The van der Waals surface area contributed by atoms with E-state index in [1.165, 1.54) is 14.2 Å². The molecule has 0 bridgehead atoms. The highest BCUT2D eigenvalue weighted by atomic mass is 16.6. The second kappa shape index (κ2) is 4.46. The Morgan fingerprint density at radius 2 is 1.85 bits per heavy atom. The van der Waals surface area contributed by atoms with E-state index in [0.29, 0.717) is 12.8 Å². The highest BCUT2D eigenvalue weighted by Gasteiger charge is 2.68. The number of hydrogen-bond donors (Lipinski definition) is 0. The van der Waals surface area contributed by atoms with Gasteiger partial charge in [-0.2, -0.15) is 0 Å². The highest BCUT2D eigenvalue weighted by molar-refractivity contribution is 6.01. The molecule has 0 spiro atoms. The van der Waals surface area contributed by atoms with E-state index in [1.54, 1.807) is 0 Å². The van der Waals surface area contributed by atoms with E-state index < -0.39 is 17.4 Å². The molecule has 6 nitrogen and oxygen atoms in total. The van der Waals surface area contributed by atoms with E-state index in [1.807, 2.05) is 0 Å². The minimum Gasteiger partial charge on any atom is -0.468 e. The lowest BCUT2D eigenvalue weighted by atomic mass is 9.74. The van der Waals surface area contributed by atoms with Gasteiger partial charge in [0.1, 0.15) is 6.10 Å². The molecule has 1 saturated heterocycles. The number of fused-ring (bicyclic) bond motifs is 3. The number of hydrogen-bond acceptors (Lipinski definition) is 6. The van der Waals surface area contributed by atoms with Crippen molar-refractivity contribution in [3.8, 4) is 0 Å². The van der Waals surface area contributed by atoms with Crippen molar-refractivity contribution < 1.29 is 28.6 Å². The number of ether oxygens (including phenoxy) is 3. The fraction of sp³-hybridized carbons (Fsp3) is 0.786. The van der Waals surface area contributed by atoms with Gasteiger partial charge in [0.15, 0.2) is 5.41 Å². The summed E-state index contributed by atoms with van der Waals surface area (Å²) in [6.07, 6.45) is 2.03. The number of carbonyl (C=O) groups excluding carboxylic acids is 3. The Morgan fingerprint density at radius 1 is 1.20 bits per heavy atom. The van der Waals surface area contributed by atoms with Gasteiger partial charge in [0.05, 0.1) is 20.6 Å². The first kappa shape index (κ1) is 13.4. The van der Waals surface area contributed by atoms with Gasteiger partial charge >= 0.3 is 17.9 Å². The van der Waals surface area contributed by atoms with E-state index in [4.69, 9.17) is 14.2 Å². The highest BCUT2D eigenvalue weighted by Crippen LogP contribution is 2.60. The average Bonchev–Trinajstić information content (AvgIpc) is 3.06. The largest absolute Gasteiger partial charge is 0.468 e. The normalized spacial score (nSPS) is 37.0. The van der Waals surface area contributed by atoms with Crippen LogP contribution in [-0.4, -0.2) is 38.2 Å². The summed E-state index contributed by atoms with van der Waals surface area (Å²) >= 11 is 0. The third-order valence-corrected chi connectivity index (χ3v) is 5.21. The van der Waals surface area contributed by atoms with Gasteiger partial charge in [0, 0.05) is 11.8 Å². The molecular weight excluding hydrogens is 264 g/mol. The van der Waals surface area contributed by atoms with Crippen molar-refractivity contribution in [2.24, 2.45) is 23.2 Å².